The summed E-state index contributed by atoms with van der Waals surface area (Å²) in [4.78, 5) is 11.0. The topological polar surface area (TPSA) is 96.2 Å². The van der Waals surface area contributed by atoms with Crippen LogP contribution >= 0.6 is 0 Å². The van der Waals surface area contributed by atoms with Crippen molar-refractivity contribution in [3.05, 3.63) is 0 Å². The first-order valence-electron chi connectivity index (χ1n) is 5.37. The lowest BCUT2D eigenvalue weighted by Gasteiger charge is -2.20. The molecule has 94 valence electrons. The Hall–Kier alpha value is -0.690. The van der Waals surface area contributed by atoms with Gasteiger partial charge in [-0.25, -0.2) is 0 Å². The molecule has 0 amide bonds. The average Bonchev–Trinajstić information content (AvgIpc) is 2.57. The molecule has 16 heavy (non-hydrogen) atoms. The van der Waals surface area contributed by atoms with E-state index in [0.717, 1.165) is 0 Å². The van der Waals surface area contributed by atoms with E-state index in [1.165, 1.54) is 0 Å². The zero-order chi connectivity index (χ0) is 12.1. The van der Waals surface area contributed by atoms with Gasteiger partial charge in [0.25, 0.3) is 0 Å². The first kappa shape index (κ1) is 13.4. The number of hydrogen-bond acceptors (Lipinski definition) is 6. The van der Waals surface area contributed by atoms with Gasteiger partial charge in [0.1, 0.15) is 31.0 Å². The second kappa shape index (κ2) is 6.15. The Bertz CT molecular complexity index is 231. The van der Waals surface area contributed by atoms with Gasteiger partial charge in [-0.15, -0.1) is 0 Å². The quantitative estimate of drug-likeness (QED) is 0.518. The van der Waals surface area contributed by atoms with Gasteiger partial charge in [0, 0.05) is 6.42 Å². The maximum absolute atomic E-state index is 11.0. The molecule has 0 bridgehead atoms. The van der Waals surface area contributed by atoms with E-state index in [-0.39, 0.29) is 13.2 Å². The molecule has 3 N–H and O–H groups in total. The smallest absolute Gasteiger partial charge is 0.305 e. The highest BCUT2D eigenvalue weighted by atomic mass is 16.6. The number of aliphatic hydroxyl groups excluding tert-OH is 3. The predicted octanol–water partition coefficient (Wildman–Crippen LogP) is -1.19. The standard InChI is InChI=1S/C10H18O6/c1-2-3-8(13)15-5-7(12)10-9(14)6(11)4-16-10/h6-7,9-12,14H,2-5H2,1H3/t6-,7-,9?,10-/m1/s1. The molecule has 4 atom stereocenters. The van der Waals surface area contributed by atoms with E-state index in [2.05, 4.69) is 0 Å². The van der Waals surface area contributed by atoms with Crippen LogP contribution in [-0.4, -0.2) is 58.9 Å². The summed E-state index contributed by atoms with van der Waals surface area (Å²) in [6.07, 6.45) is -3.18. The van der Waals surface area contributed by atoms with Crippen molar-refractivity contribution >= 4 is 5.97 Å². The van der Waals surface area contributed by atoms with Crippen molar-refractivity contribution in [2.24, 2.45) is 0 Å². The normalized spacial score (nSPS) is 31.4. The van der Waals surface area contributed by atoms with Crippen molar-refractivity contribution in [2.45, 2.75) is 44.2 Å². The Morgan fingerprint density at radius 2 is 2.25 bits per heavy atom. The van der Waals surface area contributed by atoms with Crippen LogP contribution in [0.15, 0.2) is 0 Å². The molecule has 1 aliphatic heterocycles. The predicted molar refractivity (Wildman–Crippen MR) is 53.6 cm³/mol. The van der Waals surface area contributed by atoms with Gasteiger partial charge in [-0.3, -0.25) is 4.79 Å². The molecule has 0 aromatic carbocycles. The number of rotatable bonds is 5. The van der Waals surface area contributed by atoms with Gasteiger partial charge < -0.3 is 24.8 Å². The molecule has 1 rings (SSSR count). The molecule has 0 radical (unpaired) electrons. The molecular formula is C10H18O6. The summed E-state index contributed by atoms with van der Waals surface area (Å²) < 4.78 is 9.77. The minimum atomic E-state index is -1.14. The maximum Gasteiger partial charge on any atom is 0.305 e. The van der Waals surface area contributed by atoms with Crippen molar-refractivity contribution in [1.29, 1.82) is 0 Å². The van der Waals surface area contributed by atoms with Crippen molar-refractivity contribution in [1.82, 2.24) is 0 Å². The average molecular weight is 234 g/mol. The lowest BCUT2D eigenvalue weighted by Crippen LogP contribution is -2.41. The van der Waals surface area contributed by atoms with Crippen LogP contribution in [0.3, 0.4) is 0 Å². The van der Waals surface area contributed by atoms with E-state index in [9.17, 15) is 20.1 Å². The maximum atomic E-state index is 11.0. The first-order valence-corrected chi connectivity index (χ1v) is 5.37. The van der Waals surface area contributed by atoms with Crippen LogP contribution in [0.4, 0.5) is 0 Å². The number of esters is 1. The van der Waals surface area contributed by atoms with E-state index in [1.807, 2.05) is 6.92 Å². The van der Waals surface area contributed by atoms with E-state index >= 15 is 0 Å². The molecule has 1 fully saturated rings. The molecule has 0 aromatic rings. The summed E-state index contributed by atoms with van der Waals surface area (Å²) in [7, 11) is 0. The van der Waals surface area contributed by atoms with Crippen molar-refractivity contribution < 1.29 is 29.6 Å². The Morgan fingerprint density at radius 3 is 2.75 bits per heavy atom. The molecule has 1 saturated heterocycles. The Labute approximate surface area is 93.8 Å². The summed E-state index contributed by atoms with van der Waals surface area (Å²) in [5.74, 6) is -0.394. The monoisotopic (exact) mass is 234 g/mol. The first-order chi connectivity index (χ1) is 7.56. The number of aliphatic hydroxyl groups is 3. The van der Waals surface area contributed by atoms with Gasteiger partial charge in [0.15, 0.2) is 0 Å². The summed E-state index contributed by atoms with van der Waals surface area (Å²) in [6.45, 7) is 1.59. The third-order valence-corrected chi connectivity index (χ3v) is 2.44. The van der Waals surface area contributed by atoms with Crippen LogP contribution in [0, 0.1) is 0 Å². The second-order valence-corrected chi connectivity index (χ2v) is 3.86. The number of hydrogen-bond donors (Lipinski definition) is 3. The SMILES string of the molecule is CCCC(=O)OC[C@@H](O)[C@H]1OC[C@@H](O)C1O. The van der Waals surface area contributed by atoms with Gasteiger partial charge in [0.2, 0.25) is 0 Å². The van der Waals surface area contributed by atoms with E-state index in [1.54, 1.807) is 0 Å². The molecule has 6 nitrogen and oxygen atoms in total. The lowest BCUT2D eigenvalue weighted by atomic mass is 10.1. The van der Waals surface area contributed by atoms with Crippen LogP contribution < -0.4 is 0 Å². The molecule has 0 saturated carbocycles. The van der Waals surface area contributed by atoms with Crippen LogP contribution in [0.1, 0.15) is 19.8 Å². The molecule has 1 heterocycles. The third-order valence-electron chi connectivity index (χ3n) is 2.44. The highest BCUT2D eigenvalue weighted by Crippen LogP contribution is 2.17. The molecule has 6 heteroatoms. The van der Waals surface area contributed by atoms with Crippen LogP contribution in [-0.2, 0) is 14.3 Å². The minimum Gasteiger partial charge on any atom is -0.463 e. The minimum absolute atomic E-state index is 0.0220. The fraction of sp³-hybridized carbons (Fsp3) is 0.900. The molecule has 0 aromatic heterocycles. The van der Waals surface area contributed by atoms with E-state index < -0.39 is 30.4 Å². The second-order valence-electron chi connectivity index (χ2n) is 3.86. The van der Waals surface area contributed by atoms with E-state index in [0.29, 0.717) is 12.8 Å². The Kier molecular flexibility index (Phi) is 5.14. The highest BCUT2D eigenvalue weighted by molar-refractivity contribution is 5.69. The third kappa shape index (κ3) is 3.41. The highest BCUT2D eigenvalue weighted by Gasteiger charge is 2.39. The fourth-order valence-electron chi connectivity index (χ4n) is 1.51. The Morgan fingerprint density at radius 1 is 1.56 bits per heavy atom. The number of carbonyl (C=O) groups excluding carboxylic acids is 1. The zero-order valence-corrected chi connectivity index (χ0v) is 9.20. The summed E-state index contributed by atoms with van der Waals surface area (Å²) in [6, 6.07) is 0. The fourth-order valence-corrected chi connectivity index (χ4v) is 1.51. The van der Waals surface area contributed by atoms with Crippen LogP contribution in [0.5, 0.6) is 0 Å². The van der Waals surface area contributed by atoms with Crippen molar-refractivity contribution in [3.63, 3.8) is 0 Å². The van der Waals surface area contributed by atoms with Gasteiger partial charge in [-0.2, -0.15) is 0 Å². The van der Waals surface area contributed by atoms with Crippen molar-refractivity contribution in [2.75, 3.05) is 13.2 Å². The van der Waals surface area contributed by atoms with Gasteiger partial charge in [-0.1, -0.05) is 6.92 Å². The number of carbonyl (C=O) groups is 1. The summed E-state index contributed by atoms with van der Waals surface area (Å²) >= 11 is 0. The largest absolute Gasteiger partial charge is 0.463 e. The lowest BCUT2D eigenvalue weighted by molar-refractivity contribution is -0.151. The van der Waals surface area contributed by atoms with E-state index in [4.69, 9.17) is 9.47 Å². The van der Waals surface area contributed by atoms with Crippen molar-refractivity contribution in [3.8, 4) is 0 Å². The molecule has 0 spiro atoms. The Balaban J connectivity index is 2.30. The molecule has 0 aliphatic carbocycles. The van der Waals surface area contributed by atoms with Gasteiger partial charge in [-0.05, 0) is 6.42 Å². The zero-order valence-electron chi connectivity index (χ0n) is 9.20. The van der Waals surface area contributed by atoms with Gasteiger partial charge >= 0.3 is 5.97 Å². The summed E-state index contributed by atoms with van der Waals surface area (Å²) in [5, 5.41) is 28.2. The molecular weight excluding hydrogens is 216 g/mol. The van der Waals surface area contributed by atoms with Crippen LogP contribution in [0.2, 0.25) is 0 Å². The number of ether oxygens (including phenoxy) is 2. The molecule has 1 aliphatic rings. The summed E-state index contributed by atoms with van der Waals surface area (Å²) in [5.41, 5.74) is 0. The van der Waals surface area contributed by atoms with Crippen LogP contribution in [0.25, 0.3) is 0 Å². The molecule has 1 unspecified atom stereocenters. The van der Waals surface area contributed by atoms with Gasteiger partial charge in [0.05, 0.1) is 6.61 Å².